The summed E-state index contributed by atoms with van der Waals surface area (Å²) in [4.78, 5) is 25.2. The minimum Gasteiger partial charge on any atom is -0.493 e. The van der Waals surface area contributed by atoms with Crippen molar-refractivity contribution in [2.45, 2.75) is 26.4 Å². The first kappa shape index (κ1) is 21.2. The van der Waals surface area contributed by atoms with Gasteiger partial charge in [-0.05, 0) is 59.1 Å². The van der Waals surface area contributed by atoms with E-state index in [9.17, 15) is 9.59 Å². The number of carbonyl (C=O) groups excluding carboxylic acids is 2. The Morgan fingerprint density at radius 1 is 1.28 bits per heavy atom. The molecule has 29 heavy (non-hydrogen) atoms. The van der Waals surface area contributed by atoms with E-state index in [2.05, 4.69) is 21.4 Å². The van der Waals surface area contributed by atoms with Crippen LogP contribution >= 0.6 is 27.5 Å². The molecule has 3 rings (SSSR count). The second kappa shape index (κ2) is 8.88. The van der Waals surface area contributed by atoms with Crippen LogP contribution < -0.4 is 19.9 Å². The number of methoxy groups -OCH3 is 1. The maximum absolute atomic E-state index is 12.8. The first-order valence-electron chi connectivity index (χ1n) is 9.02. The summed E-state index contributed by atoms with van der Waals surface area (Å²) in [5.41, 5.74) is 3.65. The first-order valence-corrected chi connectivity index (χ1v) is 10.2. The maximum atomic E-state index is 12.8. The zero-order chi connectivity index (χ0) is 21.1. The lowest BCUT2D eigenvalue weighted by Crippen LogP contribution is -2.35. The van der Waals surface area contributed by atoms with E-state index in [0.717, 1.165) is 6.42 Å². The van der Waals surface area contributed by atoms with Crippen LogP contribution in [-0.4, -0.2) is 25.0 Å². The first-order chi connectivity index (χ1) is 13.9. The number of amides is 2. The van der Waals surface area contributed by atoms with Crippen LogP contribution in [0.3, 0.4) is 0 Å². The van der Waals surface area contributed by atoms with Crippen LogP contribution in [-0.2, 0) is 9.59 Å². The molecular formula is C21H20BrClN2O4. The Morgan fingerprint density at radius 2 is 1.97 bits per heavy atom. The van der Waals surface area contributed by atoms with Crippen molar-refractivity contribution in [2.24, 2.45) is 0 Å². The number of hydrogen-bond acceptors (Lipinski definition) is 4. The number of nitrogens with zero attached hydrogens (tertiary/aromatic N) is 1. The van der Waals surface area contributed by atoms with E-state index in [1.54, 1.807) is 30.3 Å². The van der Waals surface area contributed by atoms with Crippen molar-refractivity contribution in [3.05, 3.63) is 57.0 Å². The molecule has 2 aromatic carbocycles. The van der Waals surface area contributed by atoms with Crippen molar-refractivity contribution in [1.29, 1.82) is 0 Å². The summed E-state index contributed by atoms with van der Waals surface area (Å²) in [6.45, 7) is 3.93. The minimum atomic E-state index is -0.499. The molecule has 1 saturated heterocycles. The molecule has 0 spiro atoms. The Morgan fingerprint density at radius 3 is 2.59 bits per heavy atom. The number of nitrogens with one attached hydrogen (secondary N) is 1. The average Bonchev–Trinajstić information content (AvgIpc) is 3.01. The molecule has 1 aliphatic heterocycles. The number of ether oxygens (including phenoxy) is 2. The molecule has 1 aliphatic rings. The van der Waals surface area contributed by atoms with E-state index in [1.165, 1.54) is 18.2 Å². The fraction of sp³-hybridized carbons (Fsp3) is 0.238. The van der Waals surface area contributed by atoms with Gasteiger partial charge in [-0.1, -0.05) is 36.7 Å². The molecule has 1 atom stereocenters. The van der Waals surface area contributed by atoms with Gasteiger partial charge in [0.1, 0.15) is 10.6 Å². The summed E-state index contributed by atoms with van der Waals surface area (Å²) in [5, 5.41) is 1.52. The standard InChI is InChI=1S/C21H20BrClN2O4/c1-4-12(2)29-19-16(28-3)11-13(17(22)18(19)23)10-15-20(26)24-25(21(15)27)14-8-6-5-7-9-14/h5-12H,4H2,1-3H3,(H,24,26)/b15-10-/t12-/m1/s1. The third-order valence-corrected chi connectivity index (χ3v) is 5.92. The van der Waals surface area contributed by atoms with Crippen molar-refractivity contribution >= 4 is 51.1 Å². The summed E-state index contributed by atoms with van der Waals surface area (Å²) in [7, 11) is 1.50. The zero-order valence-electron chi connectivity index (χ0n) is 16.2. The van der Waals surface area contributed by atoms with Gasteiger partial charge >= 0.3 is 0 Å². The van der Waals surface area contributed by atoms with Gasteiger partial charge < -0.3 is 9.47 Å². The van der Waals surface area contributed by atoms with Gasteiger partial charge in [0.2, 0.25) is 0 Å². The summed E-state index contributed by atoms with van der Waals surface area (Å²) >= 11 is 9.93. The lowest BCUT2D eigenvalue weighted by molar-refractivity contribution is -0.117. The maximum Gasteiger partial charge on any atom is 0.282 e. The quantitative estimate of drug-likeness (QED) is 0.480. The van der Waals surface area contributed by atoms with Gasteiger partial charge in [-0.15, -0.1) is 0 Å². The third-order valence-electron chi connectivity index (χ3n) is 4.48. The van der Waals surface area contributed by atoms with Crippen LogP contribution in [0.2, 0.25) is 5.02 Å². The van der Waals surface area contributed by atoms with E-state index in [-0.39, 0.29) is 11.7 Å². The molecule has 0 unspecified atom stereocenters. The molecule has 2 aromatic rings. The molecule has 0 aliphatic carbocycles. The molecule has 0 bridgehead atoms. The molecule has 6 nitrogen and oxygen atoms in total. The number of rotatable bonds is 6. The second-order valence-electron chi connectivity index (χ2n) is 6.44. The zero-order valence-corrected chi connectivity index (χ0v) is 18.5. The van der Waals surface area contributed by atoms with E-state index in [4.69, 9.17) is 21.1 Å². The summed E-state index contributed by atoms with van der Waals surface area (Å²) in [6.07, 6.45) is 2.22. The van der Waals surface area contributed by atoms with Gasteiger partial charge in [0.15, 0.2) is 11.5 Å². The van der Waals surface area contributed by atoms with Crippen LogP contribution in [0.15, 0.2) is 46.4 Å². The summed E-state index contributed by atoms with van der Waals surface area (Å²) in [6, 6.07) is 10.5. The highest BCUT2D eigenvalue weighted by Crippen LogP contribution is 2.44. The van der Waals surface area contributed by atoms with Gasteiger partial charge in [0.05, 0.1) is 18.9 Å². The Labute approximate surface area is 182 Å². The third kappa shape index (κ3) is 4.26. The molecule has 2 amide bonds. The van der Waals surface area contributed by atoms with E-state index >= 15 is 0 Å². The van der Waals surface area contributed by atoms with Crippen LogP contribution in [0.1, 0.15) is 25.8 Å². The number of hydrazine groups is 1. The normalized spacial score (nSPS) is 16.2. The van der Waals surface area contributed by atoms with E-state index in [0.29, 0.717) is 32.2 Å². The number of para-hydroxylation sites is 1. The molecule has 1 N–H and O–H groups in total. The monoisotopic (exact) mass is 478 g/mol. The smallest absolute Gasteiger partial charge is 0.282 e. The van der Waals surface area contributed by atoms with Gasteiger partial charge in [0.25, 0.3) is 11.8 Å². The highest BCUT2D eigenvalue weighted by Gasteiger charge is 2.34. The molecule has 1 heterocycles. The lowest BCUT2D eigenvalue weighted by atomic mass is 10.1. The van der Waals surface area contributed by atoms with E-state index in [1.807, 2.05) is 19.9 Å². The SMILES string of the molecule is CC[C@@H](C)Oc1c(OC)cc(/C=C2/C(=O)NN(c3ccccc3)C2=O)c(Br)c1Cl. The van der Waals surface area contributed by atoms with Gasteiger partial charge in [0, 0.05) is 4.47 Å². The molecule has 0 aromatic heterocycles. The fourth-order valence-electron chi connectivity index (χ4n) is 2.73. The molecule has 0 saturated carbocycles. The lowest BCUT2D eigenvalue weighted by Gasteiger charge is -2.18. The Kier molecular flexibility index (Phi) is 6.49. The molecule has 0 radical (unpaired) electrons. The van der Waals surface area contributed by atoms with Crippen LogP contribution in [0.5, 0.6) is 11.5 Å². The predicted molar refractivity (Wildman–Crippen MR) is 116 cm³/mol. The van der Waals surface area contributed by atoms with Crippen LogP contribution in [0, 0.1) is 0 Å². The number of anilines is 1. The van der Waals surface area contributed by atoms with Gasteiger partial charge in [-0.3, -0.25) is 15.0 Å². The van der Waals surface area contributed by atoms with Crippen molar-refractivity contribution < 1.29 is 19.1 Å². The average molecular weight is 480 g/mol. The van der Waals surface area contributed by atoms with Crippen LogP contribution in [0.4, 0.5) is 5.69 Å². The molecule has 152 valence electrons. The van der Waals surface area contributed by atoms with Gasteiger partial charge in [-0.25, -0.2) is 5.01 Å². The molecule has 1 fully saturated rings. The number of hydrogen-bond donors (Lipinski definition) is 1. The van der Waals surface area contributed by atoms with Crippen LogP contribution in [0.25, 0.3) is 6.08 Å². The number of halogens is 2. The molecular weight excluding hydrogens is 460 g/mol. The fourth-order valence-corrected chi connectivity index (χ4v) is 3.38. The van der Waals surface area contributed by atoms with Crippen molar-refractivity contribution in [2.75, 3.05) is 12.1 Å². The van der Waals surface area contributed by atoms with Gasteiger partial charge in [-0.2, -0.15) is 0 Å². The van der Waals surface area contributed by atoms with Crippen molar-refractivity contribution in [1.82, 2.24) is 5.43 Å². The number of benzene rings is 2. The Balaban J connectivity index is 2.00. The number of carbonyl (C=O) groups is 2. The summed E-state index contributed by atoms with van der Waals surface area (Å²) in [5.74, 6) is -0.134. The predicted octanol–water partition coefficient (Wildman–Crippen LogP) is 4.75. The largest absolute Gasteiger partial charge is 0.493 e. The summed E-state index contributed by atoms with van der Waals surface area (Å²) < 4.78 is 11.8. The second-order valence-corrected chi connectivity index (χ2v) is 7.61. The Hall–Kier alpha value is -2.51. The molecule has 8 heteroatoms. The topological polar surface area (TPSA) is 67.9 Å². The highest BCUT2D eigenvalue weighted by molar-refractivity contribution is 9.10. The Bertz CT molecular complexity index is 978. The highest BCUT2D eigenvalue weighted by atomic mass is 79.9. The minimum absolute atomic E-state index is 0.0109. The van der Waals surface area contributed by atoms with Crippen molar-refractivity contribution in [3.8, 4) is 11.5 Å². The van der Waals surface area contributed by atoms with E-state index < -0.39 is 11.8 Å². The van der Waals surface area contributed by atoms with Crippen molar-refractivity contribution in [3.63, 3.8) is 0 Å².